The number of allylic oxidation sites excluding steroid dienone is 3. The molecule has 1 aliphatic heterocycles. The Bertz CT molecular complexity index is 584. The van der Waals surface area contributed by atoms with Gasteiger partial charge in [0.05, 0.1) is 12.4 Å². The Morgan fingerprint density at radius 3 is 2.73 bits per heavy atom. The number of nitrogens with zero attached hydrogens (tertiary/aromatic N) is 1. The van der Waals surface area contributed by atoms with Gasteiger partial charge >= 0.3 is 0 Å². The monoisotopic (exact) mass is 377 g/mol. The van der Waals surface area contributed by atoms with Crippen molar-refractivity contribution in [2.75, 3.05) is 26.9 Å². The molecule has 22 heavy (non-hydrogen) atoms. The Balaban J connectivity index is 0.00000242. The molecule has 115 valence electrons. The van der Waals surface area contributed by atoms with Gasteiger partial charge in [-0.15, -0.1) is 12.1 Å². The molecule has 3 nitrogen and oxygen atoms in total. The molecule has 0 unspecified atom stereocenters. The molecule has 0 aromatic heterocycles. The van der Waals surface area contributed by atoms with Crippen LogP contribution in [-0.4, -0.2) is 31.8 Å². The maximum absolute atomic E-state index is 14.3. The molecule has 0 N–H and O–H groups in total. The molecule has 1 aromatic rings. The molecule has 0 atom stereocenters. The molecule has 0 spiro atoms. The van der Waals surface area contributed by atoms with Crippen LogP contribution in [0, 0.1) is 11.9 Å². The summed E-state index contributed by atoms with van der Waals surface area (Å²) in [5.41, 5.74) is 2.00. The summed E-state index contributed by atoms with van der Waals surface area (Å²) in [5, 5.41) is 0. The van der Waals surface area contributed by atoms with Crippen LogP contribution in [0.15, 0.2) is 42.6 Å². The molecule has 0 amide bonds. The maximum Gasteiger partial charge on any atom is 0.120 e. The quantitative estimate of drug-likeness (QED) is 0.560. The van der Waals surface area contributed by atoms with Crippen molar-refractivity contribution in [1.82, 2.24) is 4.90 Å². The zero-order chi connectivity index (χ0) is 15.2. The van der Waals surface area contributed by atoms with Gasteiger partial charge in [-0.05, 0) is 18.7 Å². The second kappa shape index (κ2) is 9.24. The number of likely N-dealkylation sites (N-methyl/N-ethyl adjacent to an activating group) is 1. The van der Waals surface area contributed by atoms with Gasteiger partial charge in [-0.2, -0.15) is 12.2 Å². The van der Waals surface area contributed by atoms with Crippen molar-refractivity contribution in [3.63, 3.8) is 0 Å². The van der Waals surface area contributed by atoms with E-state index in [9.17, 15) is 4.39 Å². The Morgan fingerprint density at radius 2 is 2.09 bits per heavy atom. The number of hydrogen-bond donors (Lipinski definition) is 0. The van der Waals surface area contributed by atoms with Gasteiger partial charge in [0.1, 0.15) is 12.4 Å². The minimum Gasteiger partial charge on any atom is -0.491 e. The molecule has 0 bridgehead atoms. The van der Waals surface area contributed by atoms with E-state index >= 15 is 0 Å². The third-order valence-electron chi connectivity index (χ3n) is 3.18. The van der Waals surface area contributed by atoms with E-state index in [1.807, 2.05) is 17.9 Å². The zero-order valence-corrected chi connectivity index (χ0v) is 15.8. The van der Waals surface area contributed by atoms with Crippen molar-refractivity contribution < 1.29 is 46.6 Å². The van der Waals surface area contributed by atoms with Gasteiger partial charge in [0.15, 0.2) is 0 Å². The van der Waals surface area contributed by atoms with Crippen LogP contribution in [0.2, 0.25) is 0 Å². The zero-order valence-electron chi connectivity index (χ0n) is 12.9. The van der Waals surface area contributed by atoms with Crippen LogP contribution in [-0.2, 0) is 37.4 Å². The Morgan fingerprint density at radius 1 is 1.32 bits per heavy atom. The van der Waals surface area contributed by atoms with Crippen LogP contribution in [0.25, 0.3) is 5.70 Å². The van der Waals surface area contributed by atoms with Gasteiger partial charge in [-0.3, -0.25) is 0 Å². The number of benzene rings is 1. The summed E-state index contributed by atoms with van der Waals surface area (Å²) in [6.45, 7) is 7.52. The van der Waals surface area contributed by atoms with Crippen LogP contribution < -0.4 is 4.74 Å². The van der Waals surface area contributed by atoms with Crippen molar-refractivity contribution >= 4 is 5.70 Å². The predicted molar refractivity (Wildman–Crippen MR) is 81.1 cm³/mol. The van der Waals surface area contributed by atoms with Gasteiger partial charge in [0, 0.05) is 52.4 Å². The van der Waals surface area contributed by atoms with Crippen LogP contribution in [0.3, 0.4) is 0 Å². The van der Waals surface area contributed by atoms with Crippen LogP contribution in [0.1, 0.15) is 12.5 Å². The normalized spacial score (nSPS) is 13.7. The summed E-state index contributed by atoms with van der Waals surface area (Å²) in [5.74, 6) is 0.149. The number of methoxy groups -OCH3 is 1. The summed E-state index contributed by atoms with van der Waals surface area (Å²) in [6.07, 6.45) is 6.69. The summed E-state index contributed by atoms with van der Waals surface area (Å²) in [6, 6.07) is 4.83. The molecule has 2 rings (SSSR count). The van der Waals surface area contributed by atoms with Crippen molar-refractivity contribution in [3.8, 4) is 5.75 Å². The molecule has 1 radical (unpaired) electrons. The van der Waals surface area contributed by atoms with Gasteiger partial charge in [-0.1, -0.05) is 17.8 Å². The van der Waals surface area contributed by atoms with E-state index in [1.165, 1.54) is 6.07 Å². The van der Waals surface area contributed by atoms with Crippen molar-refractivity contribution in [2.24, 2.45) is 0 Å². The topological polar surface area (TPSA) is 21.7 Å². The van der Waals surface area contributed by atoms with Crippen molar-refractivity contribution in [1.29, 1.82) is 0 Å². The van der Waals surface area contributed by atoms with E-state index in [-0.39, 0.29) is 38.5 Å². The van der Waals surface area contributed by atoms with Crippen LogP contribution in [0.4, 0.5) is 4.39 Å². The molecular weight excluding hydrogens is 358 g/mol. The van der Waals surface area contributed by atoms with Gasteiger partial charge in [0.2, 0.25) is 0 Å². The van der Waals surface area contributed by atoms with E-state index in [1.54, 1.807) is 25.3 Å². The fourth-order valence-corrected chi connectivity index (χ4v) is 2.13. The van der Waals surface area contributed by atoms with Crippen molar-refractivity contribution in [2.45, 2.75) is 6.92 Å². The second-order valence-electron chi connectivity index (χ2n) is 4.54. The average molecular weight is 377 g/mol. The summed E-state index contributed by atoms with van der Waals surface area (Å²) in [4.78, 5) is 1.92. The second-order valence-corrected chi connectivity index (χ2v) is 4.54. The Hall–Kier alpha value is -0.966. The molecule has 5 heteroatoms. The maximum atomic E-state index is 14.3. The van der Waals surface area contributed by atoms with Gasteiger partial charge in [0.25, 0.3) is 0 Å². The van der Waals surface area contributed by atoms with Gasteiger partial charge < -0.3 is 14.4 Å². The SMILES string of the molecule is C=C1C=C[C-]=C(c2ccc(OCCOC)cc2F)N1CC.[Y]. The first-order valence-corrected chi connectivity index (χ1v) is 6.85. The molecular formula is C17H19FNO2Y-. The first kappa shape index (κ1) is 19.1. The number of hydrogen-bond acceptors (Lipinski definition) is 3. The number of ether oxygens (including phenoxy) is 2. The minimum absolute atomic E-state index is 0. The molecule has 0 aliphatic carbocycles. The van der Waals surface area contributed by atoms with Crippen LogP contribution >= 0.6 is 0 Å². The molecule has 0 fully saturated rings. The molecule has 0 saturated heterocycles. The van der Waals surface area contributed by atoms with E-state index < -0.39 is 0 Å². The largest absolute Gasteiger partial charge is 0.491 e. The molecule has 1 aliphatic rings. The van der Waals surface area contributed by atoms with Crippen LogP contribution in [0.5, 0.6) is 5.75 Å². The number of rotatable bonds is 6. The number of halogens is 1. The fraction of sp³-hybridized carbons (Fsp3) is 0.294. The summed E-state index contributed by atoms with van der Waals surface area (Å²) >= 11 is 0. The average Bonchev–Trinajstić information content (AvgIpc) is 2.47. The first-order chi connectivity index (χ1) is 10.2. The van der Waals surface area contributed by atoms with E-state index in [0.29, 0.717) is 36.8 Å². The van der Waals surface area contributed by atoms with E-state index in [0.717, 1.165) is 5.70 Å². The minimum atomic E-state index is -0.339. The van der Waals surface area contributed by atoms with Gasteiger partial charge in [-0.25, -0.2) is 4.39 Å². The molecule has 1 aromatic carbocycles. The van der Waals surface area contributed by atoms with Crippen molar-refractivity contribution in [3.05, 3.63) is 60.1 Å². The summed E-state index contributed by atoms with van der Waals surface area (Å²) in [7, 11) is 1.60. The fourth-order valence-electron chi connectivity index (χ4n) is 2.13. The predicted octanol–water partition coefficient (Wildman–Crippen LogP) is 3.40. The molecule has 0 saturated carbocycles. The molecule has 1 heterocycles. The van der Waals surface area contributed by atoms with E-state index in [2.05, 4.69) is 12.7 Å². The third kappa shape index (κ3) is 4.51. The Labute approximate surface area is 156 Å². The standard InChI is InChI=1S/C17H19FNO2.Y/c1-4-19-13(2)6-5-7-17(19)15-9-8-14(12-16(15)18)21-11-10-20-3;/h5-6,8-9,12H,2,4,10-11H2,1,3H3;/q-1;. The third-order valence-corrected chi connectivity index (χ3v) is 3.18. The summed E-state index contributed by atoms with van der Waals surface area (Å²) < 4.78 is 24.6. The van der Waals surface area contributed by atoms with E-state index in [4.69, 9.17) is 9.47 Å². The first-order valence-electron chi connectivity index (χ1n) is 6.85. The Kier molecular flexibility index (Phi) is 8.01. The smallest absolute Gasteiger partial charge is 0.120 e.